The molecule has 0 fully saturated rings. The maximum atomic E-state index is 2.52. The number of halogens is 2. The quantitative estimate of drug-likeness (QED) is 0.466. The Morgan fingerprint density at radius 2 is 0.897 bits per heavy atom. The molecule has 164 valence electrons. The average Bonchev–Trinajstić information content (AvgIpc) is 3.10. The molecule has 0 aliphatic heterocycles. The molecule has 0 saturated carbocycles. The van der Waals surface area contributed by atoms with Crippen LogP contribution in [0.5, 0.6) is 0 Å². The van der Waals surface area contributed by atoms with Crippen LogP contribution < -0.4 is 24.8 Å². The van der Waals surface area contributed by atoms with Crippen LogP contribution in [0.25, 0.3) is 0 Å². The summed E-state index contributed by atoms with van der Waals surface area (Å²) >= 11 is -0.731. The van der Waals surface area contributed by atoms with E-state index in [9.17, 15) is 0 Å². The third-order valence-electron chi connectivity index (χ3n) is 8.15. The molecule has 0 saturated heterocycles. The van der Waals surface area contributed by atoms with Crippen LogP contribution in [0.3, 0.4) is 0 Å². The van der Waals surface area contributed by atoms with Crippen LogP contribution in [0.15, 0.2) is 40.0 Å². The van der Waals surface area contributed by atoms with E-state index in [1.807, 2.05) is 6.56 Å². The average molecular weight is 517 g/mol. The maximum absolute atomic E-state index is 2.52. The van der Waals surface area contributed by atoms with Crippen LogP contribution >= 0.6 is 0 Å². The molecule has 2 rings (SSSR count). The first kappa shape index (κ1) is 29.4. The van der Waals surface area contributed by atoms with Crippen LogP contribution in [-0.2, 0) is 23.2 Å². The van der Waals surface area contributed by atoms with Crippen LogP contribution in [0.2, 0.25) is 0 Å². The summed E-state index contributed by atoms with van der Waals surface area (Å²) in [5.74, 6) is 0. The Morgan fingerprint density at radius 1 is 0.621 bits per heavy atom. The molecule has 0 aromatic heterocycles. The minimum Gasteiger partial charge on any atom is -1.00 e. The molecule has 0 N–H and O–H groups in total. The van der Waals surface area contributed by atoms with Gasteiger partial charge in [-0.1, -0.05) is 0 Å². The minimum absolute atomic E-state index is 0. The normalized spacial score (nSPS) is 17.7. The molecule has 0 aromatic rings. The first-order chi connectivity index (χ1) is 12.6. The van der Waals surface area contributed by atoms with Crippen molar-refractivity contribution in [3.63, 3.8) is 0 Å². The van der Waals surface area contributed by atoms with Crippen molar-refractivity contribution in [2.45, 2.75) is 108 Å². The van der Waals surface area contributed by atoms with Crippen molar-refractivity contribution in [2.75, 3.05) is 0 Å². The van der Waals surface area contributed by atoms with Crippen molar-refractivity contribution in [1.82, 2.24) is 0 Å². The van der Waals surface area contributed by atoms with E-state index >= 15 is 0 Å². The van der Waals surface area contributed by atoms with Gasteiger partial charge in [0.1, 0.15) is 0 Å². The van der Waals surface area contributed by atoms with Crippen molar-refractivity contribution in [1.29, 1.82) is 0 Å². The van der Waals surface area contributed by atoms with Gasteiger partial charge in [-0.15, -0.1) is 0 Å². The van der Waals surface area contributed by atoms with Crippen LogP contribution in [0.4, 0.5) is 0 Å². The third-order valence-corrected chi connectivity index (χ3v) is 11.7. The van der Waals surface area contributed by atoms with Crippen LogP contribution in [-0.4, -0.2) is 0 Å². The van der Waals surface area contributed by atoms with Gasteiger partial charge in [0.25, 0.3) is 0 Å². The SMILES string of the molecule is CCC(C)(CC)C1=[C]([Zr+2][C]2=C(C(C)(CC)CC)C(C)=C(C)C2)CC(C)=C1C.[Cl-].[Cl-]. The number of rotatable bonds is 8. The Kier molecular flexibility index (Phi) is 11.5. The van der Waals surface area contributed by atoms with E-state index in [0.29, 0.717) is 10.8 Å². The zero-order chi connectivity index (χ0) is 20.6. The van der Waals surface area contributed by atoms with Gasteiger partial charge < -0.3 is 24.8 Å². The van der Waals surface area contributed by atoms with Gasteiger partial charge in [-0.25, -0.2) is 0 Å². The summed E-state index contributed by atoms with van der Waals surface area (Å²) in [6.45, 7) is 24.2. The molecule has 0 radical (unpaired) electrons. The second-order valence-electron chi connectivity index (χ2n) is 9.53. The Hall–Kier alpha value is 0.423. The maximum Gasteiger partial charge on any atom is -1.00 e. The molecular formula is C26H42Cl2Zr. The first-order valence-electron chi connectivity index (χ1n) is 11.2. The molecule has 29 heavy (non-hydrogen) atoms. The van der Waals surface area contributed by atoms with E-state index in [2.05, 4.69) is 69.2 Å². The Bertz CT molecular complexity index is 664. The summed E-state index contributed by atoms with van der Waals surface area (Å²) in [5.41, 5.74) is 10.8. The standard InChI is InChI=1S/2C13H21.2ClH.Zr/c2*1-6-13(5,7-2)12-9-8-10(3)11(12)4;;;/h2*6-8H2,1-5H3;2*1H;/q;;;;+2/p-2. The van der Waals surface area contributed by atoms with Gasteiger partial charge in [0.15, 0.2) is 0 Å². The van der Waals surface area contributed by atoms with E-state index in [0.717, 1.165) is 0 Å². The Balaban J connectivity index is 0.00000392. The molecule has 0 atom stereocenters. The van der Waals surface area contributed by atoms with Gasteiger partial charge in [-0.3, -0.25) is 0 Å². The van der Waals surface area contributed by atoms with Gasteiger partial charge in [-0.05, 0) is 0 Å². The van der Waals surface area contributed by atoms with E-state index in [4.69, 9.17) is 0 Å². The van der Waals surface area contributed by atoms with Crippen molar-refractivity contribution in [3.8, 4) is 0 Å². The van der Waals surface area contributed by atoms with E-state index in [1.54, 1.807) is 33.4 Å². The van der Waals surface area contributed by atoms with Gasteiger partial charge >= 0.3 is 182 Å². The summed E-state index contributed by atoms with van der Waals surface area (Å²) in [6, 6.07) is 0. The zero-order valence-electron chi connectivity index (χ0n) is 20.5. The molecule has 0 amide bonds. The molecule has 3 heteroatoms. The zero-order valence-corrected chi connectivity index (χ0v) is 24.5. The second kappa shape index (κ2) is 11.3. The summed E-state index contributed by atoms with van der Waals surface area (Å²) in [7, 11) is 0. The summed E-state index contributed by atoms with van der Waals surface area (Å²) in [5, 5.41) is 0. The van der Waals surface area contributed by atoms with Crippen LogP contribution in [0, 0.1) is 10.8 Å². The molecule has 0 bridgehead atoms. The molecular weight excluding hydrogens is 474 g/mol. The van der Waals surface area contributed by atoms with Crippen molar-refractivity contribution in [2.24, 2.45) is 10.8 Å². The first-order valence-corrected chi connectivity index (χ1v) is 13.6. The van der Waals surface area contributed by atoms with Gasteiger partial charge in [0.2, 0.25) is 0 Å². The fourth-order valence-corrected chi connectivity index (χ4v) is 10.7. The predicted octanol–water partition coefficient (Wildman–Crippen LogP) is 2.72. The molecule has 0 nitrogen and oxygen atoms in total. The van der Waals surface area contributed by atoms with E-state index < -0.39 is 23.2 Å². The molecule has 2 aliphatic carbocycles. The third kappa shape index (κ3) is 5.44. The molecule has 0 heterocycles. The molecule has 0 unspecified atom stereocenters. The summed E-state index contributed by atoms with van der Waals surface area (Å²) < 4.78 is 3.79. The molecule has 0 spiro atoms. The van der Waals surface area contributed by atoms with Crippen molar-refractivity contribution >= 4 is 0 Å². The second-order valence-corrected chi connectivity index (χ2v) is 13.1. The molecule has 0 aromatic carbocycles. The van der Waals surface area contributed by atoms with Gasteiger partial charge in [0, 0.05) is 0 Å². The van der Waals surface area contributed by atoms with Crippen molar-refractivity contribution < 1.29 is 48.0 Å². The smallest absolute Gasteiger partial charge is 1.00 e. The fraction of sp³-hybridized carbons (Fsp3) is 0.692. The minimum atomic E-state index is -0.731. The van der Waals surface area contributed by atoms with E-state index in [1.165, 1.54) is 38.5 Å². The van der Waals surface area contributed by atoms with Crippen molar-refractivity contribution in [3.05, 3.63) is 40.0 Å². The molecule has 2 aliphatic rings. The predicted molar refractivity (Wildman–Crippen MR) is 117 cm³/mol. The van der Waals surface area contributed by atoms with E-state index in [-0.39, 0.29) is 24.8 Å². The van der Waals surface area contributed by atoms with Gasteiger partial charge in [-0.2, -0.15) is 0 Å². The summed E-state index contributed by atoms with van der Waals surface area (Å²) in [6.07, 6.45) is 7.58. The largest absolute Gasteiger partial charge is 1.00 e. The number of hydrogen-bond donors (Lipinski definition) is 0. The van der Waals surface area contributed by atoms with Gasteiger partial charge in [0.05, 0.1) is 0 Å². The fourth-order valence-electron chi connectivity index (χ4n) is 5.09. The summed E-state index contributed by atoms with van der Waals surface area (Å²) in [4.78, 5) is 0. The number of allylic oxidation sites excluding steroid dienone is 8. The Labute approximate surface area is 205 Å². The monoisotopic (exact) mass is 514 g/mol. The van der Waals surface area contributed by atoms with Crippen LogP contribution in [0.1, 0.15) is 108 Å². The number of hydrogen-bond acceptors (Lipinski definition) is 0. The Morgan fingerprint density at radius 3 is 1.14 bits per heavy atom. The topological polar surface area (TPSA) is 0 Å².